The number of aliphatic imine (C=N–C) groups is 1. The Hall–Kier alpha value is -5.69. The van der Waals surface area contributed by atoms with Crippen LogP contribution in [0.2, 0.25) is 0 Å². The normalized spacial score (nSPS) is 18.8. The maximum atomic E-state index is 14.7. The third kappa shape index (κ3) is 14.6. The zero-order chi connectivity index (χ0) is 48.7. The maximum Gasteiger partial charge on any atom is 0.417 e. The summed E-state index contributed by atoms with van der Waals surface area (Å²) in [6.07, 6.45) is -2.78. The van der Waals surface area contributed by atoms with Crippen molar-refractivity contribution in [2.75, 3.05) is 31.6 Å². The Kier molecular flexibility index (Phi) is 16.0. The molecule has 1 aliphatic carbocycles. The number of carbonyl (C=O) groups excluding carboxylic acids is 4. The van der Waals surface area contributed by atoms with Gasteiger partial charge in [0.15, 0.2) is 12.5 Å². The molecule has 3 aromatic rings. The molecule has 6 rings (SSSR count). The van der Waals surface area contributed by atoms with E-state index in [9.17, 15) is 40.8 Å². The van der Waals surface area contributed by atoms with Gasteiger partial charge in [-0.1, -0.05) is 30.3 Å². The summed E-state index contributed by atoms with van der Waals surface area (Å²) in [6.45, 7) is 11.7. The number of nitrogens with zero attached hydrogens (tertiary/aromatic N) is 4. The molecule has 19 heteroatoms. The number of likely N-dealkylation sites (tertiary alicyclic amines) is 1. The second kappa shape index (κ2) is 21.1. The first-order valence-electron chi connectivity index (χ1n) is 22.6. The molecular formula is C48H60F3N7O8S. The van der Waals surface area contributed by atoms with E-state index in [4.69, 9.17) is 9.47 Å². The van der Waals surface area contributed by atoms with E-state index in [1.165, 1.54) is 17.0 Å². The molecule has 3 aliphatic rings. The third-order valence-corrected chi connectivity index (χ3v) is 13.3. The van der Waals surface area contributed by atoms with E-state index in [0.29, 0.717) is 55.4 Å². The molecule has 3 N–H and O–H groups in total. The van der Waals surface area contributed by atoms with Crippen molar-refractivity contribution >= 4 is 45.4 Å². The minimum absolute atomic E-state index is 0.0686. The quantitative estimate of drug-likeness (QED) is 0.142. The summed E-state index contributed by atoms with van der Waals surface area (Å²) in [7, 11) is -4.38. The van der Waals surface area contributed by atoms with E-state index in [0.717, 1.165) is 17.7 Å². The van der Waals surface area contributed by atoms with Crippen LogP contribution in [0.15, 0.2) is 86.8 Å². The lowest BCUT2D eigenvalue weighted by atomic mass is 9.77. The van der Waals surface area contributed by atoms with Crippen molar-refractivity contribution in [2.45, 2.75) is 121 Å². The molecule has 67 heavy (non-hydrogen) atoms. The van der Waals surface area contributed by atoms with Crippen LogP contribution in [0.25, 0.3) is 11.1 Å². The number of nitrogens with one attached hydrogen (secondary N) is 3. The minimum Gasteiger partial charge on any atom is -0.444 e. The van der Waals surface area contributed by atoms with Gasteiger partial charge in [0, 0.05) is 55.2 Å². The number of Topliss-reactive ketones (excluding diaryl/α,β-unsaturated/α-hetero) is 1. The van der Waals surface area contributed by atoms with E-state index in [1.54, 1.807) is 77.9 Å². The predicted molar refractivity (Wildman–Crippen MR) is 246 cm³/mol. The molecule has 3 amide bonds. The number of anilines is 1. The van der Waals surface area contributed by atoms with Crippen molar-refractivity contribution in [1.82, 2.24) is 14.9 Å². The molecule has 1 saturated carbocycles. The largest absolute Gasteiger partial charge is 0.444 e. The molecule has 3 aromatic carbocycles. The van der Waals surface area contributed by atoms with Crippen LogP contribution in [0.5, 0.6) is 0 Å². The summed E-state index contributed by atoms with van der Waals surface area (Å²) in [5.74, 6) is -0.935. The number of ether oxygens (including phenoxy) is 2. The van der Waals surface area contributed by atoms with Gasteiger partial charge in [-0.2, -0.15) is 18.3 Å². The summed E-state index contributed by atoms with van der Waals surface area (Å²) >= 11 is 0. The topological polar surface area (TPSA) is 197 Å². The molecular weight excluding hydrogens is 892 g/mol. The number of halogens is 3. The van der Waals surface area contributed by atoms with Crippen LogP contribution >= 0.6 is 0 Å². The molecule has 0 radical (unpaired) electrons. The highest BCUT2D eigenvalue weighted by atomic mass is 32.2. The van der Waals surface area contributed by atoms with Crippen molar-refractivity contribution in [3.63, 3.8) is 0 Å². The molecule has 1 atom stereocenters. The Labute approximate surface area is 389 Å². The number of hydrogen-bond acceptors (Lipinski definition) is 11. The van der Waals surface area contributed by atoms with Crippen LogP contribution in [-0.2, 0) is 41.7 Å². The average molecular weight is 952 g/mol. The number of amides is 3. The Bertz CT molecular complexity index is 2430. The van der Waals surface area contributed by atoms with Gasteiger partial charge >= 0.3 is 18.4 Å². The summed E-state index contributed by atoms with van der Waals surface area (Å²) in [6, 6.07) is 15.3. The van der Waals surface area contributed by atoms with Gasteiger partial charge in [0.2, 0.25) is 15.9 Å². The first kappa shape index (κ1) is 50.7. The van der Waals surface area contributed by atoms with Gasteiger partial charge in [-0.05, 0) is 145 Å². The fraction of sp³-hybridized carbons (Fsp3) is 0.521. The van der Waals surface area contributed by atoms with Gasteiger partial charge in [0.25, 0.3) is 0 Å². The molecule has 0 unspecified atom stereocenters. The van der Waals surface area contributed by atoms with Gasteiger partial charge in [-0.3, -0.25) is 9.59 Å². The van der Waals surface area contributed by atoms with E-state index in [2.05, 4.69) is 30.6 Å². The molecule has 1 saturated heterocycles. The van der Waals surface area contributed by atoms with Crippen molar-refractivity contribution in [2.24, 2.45) is 33.0 Å². The van der Waals surface area contributed by atoms with Crippen LogP contribution < -0.4 is 15.4 Å². The second-order valence-electron chi connectivity index (χ2n) is 19.4. The third-order valence-electron chi connectivity index (χ3n) is 11.7. The van der Waals surface area contributed by atoms with E-state index < -0.39 is 67.9 Å². The van der Waals surface area contributed by atoms with Crippen LogP contribution in [-0.4, -0.2) is 86.6 Å². The lowest BCUT2D eigenvalue weighted by Crippen LogP contribution is -2.47. The highest BCUT2D eigenvalue weighted by Gasteiger charge is 2.37. The Morgan fingerprint density at radius 2 is 1.43 bits per heavy atom. The highest BCUT2D eigenvalue weighted by Crippen LogP contribution is 2.39. The average Bonchev–Trinajstić information content (AvgIpc) is 3.80. The van der Waals surface area contributed by atoms with Crippen LogP contribution in [0.1, 0.15) is 103 Å². The summed E-state index contributed by atoms with van der Waals surface area (Å²) < 4.78 is 84.1. The van der Waals surface area contributed by atoms with Gasteiger partial charge in [-0.25, -0.2) is 27.7 Å². The van der Waals surface area contributed by atoms with Crippen molar-refractivity contribution < 1.29 is 50.2 Å². The zero-order valence-electron chi connectivity index (χ0n) is 38.7. The standard InChI is InChI=1S/C48H60F3N7O8S/c1-46(2,3)65-44(61)52-28-31-9-13-33(14-10-31)41(59)26-35(43(60)55-36-17-15-34(16-18-36)42-53-29-54-56-42)25-30-7-11-32(12-8-30)39-20-19-38(27-40(39)48(49,50)51)67(63,64)57-37-21-23-58(24-22-37)45(62)66-47(4,5)6/h7-8,11-12,15-20,27,31,33,35,37,57H,9-10,13-14,21-26,28-29H2,1-6H3,(H,52,61)(H,55,60)/t31?,33?,35-/m1/s1. The van der Waals surface area contributed by atoms with Crippen LogP contribution in [0, 0.1) is 17.8 Å². The fourth-order valence-corrected chi connectivity index (χ4v) is 9.63. The SMILES string of the molecule is CC(C)(C)OC(=O)NCC1CCC(C(=O)C[C@@H](Cc2ccc(-c3ccc(S(=O)(=O)NC4CCN(C(=O)OC(C)(C)C)CC4)cc3C(F)(F)F)cc2)C(=O)Nc2ccc(C3=NCN=N3)cc2)CC1. The maximum absolute atomic E-state index is 14.7. The fourth-order valence-electron chi connectivity index (χ4n) is 8.30. The number of azo groups is 1. The monoisotopic (exact) mass is 951 g/mol. The minimum atomic E-state index is -4.91. The first-order valence-corrected chi connectivity index (χ1v) is 24.0. The van der Waals surface area contributed by atoms with Crippen molar-refractivity contribution in [1.29, 1.82) is 0 Å². The number of carbonyl (C=O) groups is 4. The number of sulfonamides is 1. The molecule has 0 aromatic heterocycles. The lowest BCUT2D eigenvalue weighted by molar-refractivity contribution is -0.137. The van der Waals surface area contributed by atoms with Gasteiger partial charge in [-0.15, -0.1) is 5.11 Å². The number of alkyl carbamates (subject to hydrolysis) is 1. The molecule has 0 bridgehead atoms. The zero-order valence-corrected chi connectivity index (χ0v) is 39.6. The molecule has 2 heterocycles. The highest BCUT2D eigenvalue weighted by molar-refractivity contribution is 7.89. The van der Waals surface area contributed by atoms with E-state index >= 15 is 0 Å². The summed E-state index contributed by atoms with van der Waals surface area (Å²) in [5, 5.41) is 13.6. The van der Waals surface area contributed by atoms with E-state index in [-0.39, 0.29) is 74.2 Å². The van der Waals surface area contributed by atoms with Crippen molar-refractivity contribution in [3.8, 4) is 11.1 Å². The lowest BCUT2D eigenvalue weighted by Gasteiger charge is -2.33. The van der Waals surface area contributed by atoms with E-state index in [1.807, 2.05) is 0 Å². The number of alkyl halides is 3. The predicted octanol–water partition coefficient (Wildman–Crippen LogP) is 9.31. The number of hydrogen-bond donors (Lipinski definition) is 3. The molecule has 2 fully saturated rings. The van der Waals surface area contributed by atoms with Crippen LogP contribution in [0.3, 0.4) is 0 Å². The molecule has 15 nitrogen and oxygen atoms in total. The van der Waals surface area contributed by atoms with Gasteiger partial charge in [0.05, 0.1) is 10.5 Å². The van der Waals surface area contributed by atoms with Crippen LogP contribution in [0.4, 0.5) is 28.4 Å². The number of benzene rings is 3. The summed E-state index contributed by atoms with van der Waals surface area (Å²) in [4.78, 5) is 57.6. The van der Waals surface area contributed by atoms with Crippen molar-refractivity contribution in [3.05, 3.63) is 83.4 Å². The number of rotatable bonds is 14. The first-order chi connectivity index (χ1) is 31.4. The molecule has 362 valence electrons. The number of piperidine rings is 1. The van der Waals surface area contributed by atoms with Gasteiger partial charge < -0.3 is 25.0 Å². The second-order valence-corrected chi connectivity index (χ2v) is 21.1. The molecule has 0 spiro atoms. The number of amidine groups is 1. The molecule has 2 aliphatic heterocycles. The number of ketones is 1. The summed E-state index contributed by atoms with van der Waals surface area (Å²) in [5.41, 5.74) is -0.730. The van der Waals surface area contributed by atoms with Gasteiger partial charge in [0.1, 0.15) is 17.0 Å². The smallest absolute Gasteiger partial charge is 0.417 e. The Morgan fingerprint density at radius 3 is 2.01 bits per heavy atom. The Balaban J connectivity index is 1.14. The Morgan fingerprint density at radius 1 is 0.806 bits per heavy atom.